The van der Waals surface area contributed by atoms with Gasteiger partial charge in [0.1, 0.15) is 0 Å². The molecule has 6 nitrogen and oxygen atoms in total. The van der Waals surface area contributed by atoms with Crippen LogP contribution < -0.4 is 10.2 Å². The number of nitrogens with zero attached hydrogens (tertiary/aromatic N) is 3. The summed E-state index contributed by atoms with van der Waals surface area (Å²) in [6.45, 7) is 1.43. The van der Waals surface area contributed by atoms with Gasteiger partial charge in [-0.1, -0.05) is 23.4 Å². The van der Waals surface area contributed by atoms with Crippen molar-refractivity contribution in [3.05, 3.63) is 66.6 Å². The molecule has 1 aromatic carbocycles. The molecule has 0 saturated heterocycles. The van der Waals surface area contributed by atoms with Gasteiger partial charge in [0, 0.05) is 49.8 Å². The summed E-state index contributed by atoms with van der Waals surface area (Å²) in [5, 5.41) is 6.70. The zero-order chi connectivity index (χ0) is 17.5. The van der Waals surface area contributed by atoms with E-state index in [1.54, 1.807) is 24.5 Å². The lowest BCUT2D eigenvalue weighted by molar-refractivity contribution is 0.0944. The summed E-state index contributed by atoms with van der Waals surface area (Å²) in [6, 6.07) is 15.4. The number of carbonyl (C=O) groups excluding carboxylic acids is 1. The van der Waals surface area contributed by atoms with Crippen molar-refractivity contribution in [3.63, 3.8) is 0 Å². The first kappa shape index (κ1) is 16.7. The lowest BCUT2D eigenvalue weighted by atomic mass is 10.2. The Kier molecular flexibility index (Phi) is 5.41. The number of hydrogen-bond donors (Lipinski definition) is 1. The average Bonchev–Trinajstić information content (AvgIpc) is 3.16. The molecule has 2 aromatic heterocycles. The van der Waals surface area contributed by atoms with Crippen LogP contribution in [-0.4, -0.2) is 36.2 Å². The number of nitrogens with one attached hydrogen (secondary N) is 1. The highest BCUT2D eigenvalue weighted by Gasteiger charge is 2.13. The topological polar surface area (TPSA) is 71.3 Å². The van der Waals surface area contributed by atoms with Crippen LogP contribution >= 0.6 is 0 Å². The van der Waals surface area contributed by atoms with E-state index in [4.69, 9.17) is 4.52 Å². The second-order valence-corrected chi connectivity index (χ2v) is 5.68. The molecule has 3 aromatic rings. The van der Waals surface area contributed by atoms with Gasteiger partial charge in [-0.05, 0) is 30.7 Å². The van der Waals surface area contributed by atoms with Crippen LogP contribution in [0.15, 0.2) is 65.4 Å². The van der Waals surface area contributed by atoms with E-state index < -0.39 is 0 Å². The molecule has 0 spiro atoms. The fourth-order valence-corrected chi connectivity index (χ4v) is 2.45. The number of hydrogen-bond acceptors (Lipinski definition) is 5. The third-order valence-electron chi connectivity index (χ3n) is 3.84. The van der Waals surface area contributed by atoms with Crippen LogP contribution in [0.2, 0.25) is 0 Å². The minimum Gasteiger partial charge on any atom is -0.375 e. The molecular formula is C19H20N4O2. The molecule has 1 N–H and O–H groups in total. The van der Waals surface area contributed by atoms with Crippen LogP contribution in [0.3, 0.4) is 0 Å². The normalized spacial score (nSPS) is 10.4. The highest BCUT2D eigenvalue weighted by molar-refractivity contribution is 5.93. The number of rotatable bonds is 7. The Balaban J connectivity index is 1.46. The molecule has 0 aliphatic heterocycles. The molecule has 3 rings (SSSR count). The molecule has 6 heteroatoms. The van der Waals surface area contributed by atoms with Crippen LogP contribution in [0.1, 0.15) is 16.9 Å². The minimum atomic E-state index is -0.235. The van der Waals surface area contributed by atoms with Crippen molar-refractivity contribution in [3.8, 4) is 11.3 Å². The van der Waals surface area contributed by atoms with Crippen LogP contribution in [0.25, 0.3) is 11.3 Å². The van der Waals surface area contributed by atoms with Gasteiger partial charge in [-0.25, -0.2) is 0 Å². The quantitative estimate of drug-likeness (QED) is 0.672. The van der Waals surface area contributed by atoms with E-state index in [0.717, 1.165) is 24.2 Å². The van der Waals surface area contributed by atoms with Gasteiger partial charge in [-0.15, -0.1) is 0 Å². The first-order chi connectivity index (χ1) is 12.2. The number of aromatic nitrogens is 2. The number of pyridine rings is 1. The van der Waals surface area contributed by atoms with Crippen LogP contribution in [-0.2, 0) is 0 Å². The lowest BCUT2D eigenvalue weighted by Crippen LogP contribution is -2.28. The monoisotopic (exact) mass is 336 g/mol. The van der Waals surface area contributed by atoms with Gasteiger partial charge < -0.3 is 14.7 Å². The van der Waals surface area contributed by atoms with E-state index in [0.29, 0.717) is 12.3 Å². The van der Waals surface area contributed by atoms with Gasteiger partial charge >= 0.3 is 0 Å². The zero-order valence-corrected chi connectivity index (χ0v) is 14.1. The summed E-state index contributed by atoms with van der Waals surface area (Å²) in [4.78, 5) is 18.3. The molecule has 2 heterocycles. The van der Waals surface area contributed by atoms with Gasteiger partial charge in [-0.3, -0.25) is 9.78 Å². The van der Waals surface area contributed by atoms with E-state index >= 15 is 0 Å². The standard InChI is InChI=1S/C19H20N4O2/c1-23(16-8-3-2-4-9-16)12-6-11-21-19(24)17-13-18(25-22-17)15-7-5-10-20-14-15/h2-5,7-10,13-14H,6,11-12H2,1H3,(H,21,24). The number of anilines is 1. The maximum Gasteiger partial charge on any atom is 0.273 e. The van der Waals surface area contributed by atoms with Gasteiger partial charge in [0.15, 0.2) is 11.5 Å². The summed E-state index contributed by atoms with van der Waals surface area (Å²) in [6.07, 6.45) is 4.19. The number of para-hydroxylation sites is 1. The molecule has 0 unspecified atom stereocenters. The van der Waals surface area contributed by atoms with Crippen molar-refractivity contribution in [2.45, 2.75) is 6.42 Å². The van der Waals surface area contributed by atoms with E-state index in [-0.39, 0.29) is 11.6 Å². The average molecular weight is 336 g/mol. The maximum atomic E-state index is 12.1. The smallest absolute Gasteiger partial charge is 0.273 e. The molecule has 0 aliphatic carbocycles. The molecule has 0 bridgehead atoms. The van der Waals surface area contributed by atoms with Crippen LogP contribution in [0, 0.1) is 0 Å². The first-order valence-electron chi connectivity index (χ1n) is 8.15. The SMILES string of the molecule is CN(CCCNC(=O)c1cc(-c2cccnc2)on1)c1ccccc1. The summed E-state index contributed by atoms with van der Waals surface area (Å²) < 4.78 is 5.22. The molecule has 0 radical (unpaired) electrons. The number of amides is 1. The predicted octanol–water partition coefficient (Wildman–Crippen LogP) is 2.99. The molecule has 0 aliphatic rings. The molecule has 0 saturated carbocycles. The van der Waals surface area contributed by atoms with E-state index in [2.05, 4.69) is 32.5 Å². The van der Waals surface area contributed by atoms with Gasteiger partial charge in [-0.2, -0.15) is 0 Å². The third kappa shape index (κ3) is 4.44. The van der Waals surface area contributed by atoms with Crippen LogP contribution in [0.4, 0.5) is 5.69 Å². The Bertz CT molecular complexity index is 803. The summed E-state index contributed by atoms with van der Waals surface area (Å²) in [7, 11) is 2.04. The van der Waals surface area contributed by atoms with E-state index in [1.807, 2.05) is 31.3 Å². The van der Waals surface area contributed by atoms with E-state index in [1.165, 1.54) is 0 Å². The van der Waals surface area contributed by atoms with Crippen molar-refractivity contribution >= 4 is 11.6 Å². The Morgan fingerprint density at radius 2 is 2.04 bits per heavy atom. The molecule has 1 amide bonds. The minimum absolute atomic E-state index is 0.235. The van der Waals surface area contributed by atoms with E-state index in [9.17, 15) is 4.79 Å². The van der Waals surface area contributed by atoms with Crippen molar-refractivity contribution in [2.24, 2.45) is 0 Å². The maximum absolute atomic E-state index is 12.1. The molecule has 128 valence electrons. The van der Waals surface area contributed by atoms with Gasteiger partial charge in [0.25, 0.3) is 5.91 Å². The van der Waals surface area contributed by atoms with Crippen molar-refractivity contribution < 1.29 is 9.32 Å². The van der Waals surface area contributed by atoms with Crippen molar-refractivity contribution in [1.82, 2.24) is 15.5 Å². The highest BCUT2D eigenvalue weighted by atomic mass is 16.5. The Labute approximate surface area is 146 Å². The van der Waals surface area contributed by atoms with Crippen LogP contribution in [0.5, 0.6) is 0 Å². The lowest BCUT2D eigenvalue weighted by Gasteiger charge is -2.19. The van der Waals surface area contributed by atoms with Gasteiger partial charge in [0.05, 0.1) is 0 Å². The van der Waals surface area contributed by atoms with Gasteiger partial charge in [0.2, 0.25) is 0 Å². The largest absolute Gasteiger partial charge is 0.375 e. The summed E-state index contributed by atoms with van der Waals surface area (Å²) >= 11 is 0. The predicted molar refractivity (Wildman–Crippen MR) is 96.4 cm³/mol. The molecular weight excluding hydrogens is 316 g/mol. The second kappa shape index (κ2) is 8.10. The molecule has 0 fully saturated rings. The third-order valence-corrected chi connectivity index (χ3v) is 3.84. The Hall–Kier alpha value is -3.15. The zero-order valence-electron chi connectivity index (χ0n) is 14.1. The van der Waals surface area contributed by atoms with Crippen molar-refractivity contribution in [1.29, 1.82) is 0 Å². The molecule has 25 heavy (non-hydrogen) atoms. The molecule has 0 atom stereocenters. The summed E-state index contributed by atoms with van der Waals surface area (Å²) in [5.74, 6) is 0.295. The second-order valence-electron chi connectivity index (χ2n) is 5.68. The first-order valence-corrected chi connectivity index (χ1v) is 8.15. The highest BCUT2D eigenvalue weighted by Crippen LogP contribution is 2.18. The Morgan fingerprint density at radius 1 is 1.20 bits per heavy atom. The summed E-state index contributed by atoms with van der Waals surface area (Å²) in [5.41, 5.74) is 2.22. The van der Waals surface area contributed by atoms with Crippen molar-refractivity contribution in [2.75, 3.05) is 25.0 Å². The Morgan fingerprint density at radius 3 is 2.80 bits per heavy atom. The number of carbonyl (C=O) groups is 1. The fraction of sp³-hybridized carbons (Fsp3) is 0.211. The fourth-order valence-electron chi connectivity index (χ4n) is 2.45. The number of benzene rings is 1.